The Morgan fingerprint density at radius 3 is 2.72 bits per heavy atom. The number of aryl methyl sites for hydroxylation is 2. The van der Waals surface area contributed by atoms with E-state index in [9.17, 15) is 0 Å². The van der Waals surface area contributed by atoms with Crippen LogP contribution < -0.4 is 0 Å². The Balaban J connectivity index is 1.93. The maximum Gasteiger partial charge on any atom is 0.451 e. The van der Waals surface area contributed by atoms with Gasteiger partial charge in [0.1, 0.15) is 5.82 Å². The Morgan fingerprint density at radius 2 is 1.94 bits per heavy atom. The number of fused-ring (bicyclic) bond motifs is 1. The number of para-hydroxylation sites is 2. The van der Waals surface area contributed by atoms with Crippen LogP contribution in [0.15, 0.2) is 24.3 Å². The molecule has 0 unspecified atom stereocenters. The van der Waals surface area contributed by atoms with Crippen molar-refractivity contribution in [3.8, 4) is 0 Å². The van der Waals surface area contributed by atoms with Crippen molar-refractivity contribution in [1.29, 1.82) is 0 Å². The first-order valence-electron chi connectivity index (χ1n) is 6.46. The first-order valence-corrected chi connectivity index (χ1v) is 6.46. The summed E-state index contributed by atoms with van der Waals surface area (Å²) in [5.41, 5.74) is 2.22. The highest BCUT2D eigenvalue weighted by molar-refractivity contribution is 6.40. The van der Waals surface area contributed by atoms with Crippen LogP contribution in [-0.4, -0.2) is 26.7 Å². The zero-order valence-corrected chi connectivity index (χ0v) is 10.7. The van der Waals surface area contributed by atoms with Crippen molar-refractivity contribution in [3.63, 3.8) is 0 Å². The lowest BCUT2D eigenvalue weighted by Crippen LogP contribution is -2.09. The van der Waals surface area contributed by atoms with Gasteiger partial charge in [0.2, 0.25) is 0 Å². The Morgan fingerprint density at radius 1 is 1.17 bits per heavy atom. The second-order valence-corrected chi connectivity index (χ2v) is 4.63. The Hall–Kier alpha value is -1.33. The molecule has 96 valence electrons. The molecule has 0 aliphatic heterocycles. The fourth-order valence-corrected chi connectivity index (χ4v) is 2.25. The third-order valence-corrected chi connectivity index (χ3v) is 3.19. The van der Waals surface area contributed by atoms with Gasteiger partial charge in [0.25, 0.3) is 0 Å². The van der Waals surface area contributed by atoms with Crippen LogP contribution >= 0.6 is 0 Å². The summed E-state index contributed by atoms with van der Waals surface area (Å²) in [6, 6.07) is 8.15. The van der Waals surface area contributed by atoms with Crippen molar-refractivity contribution >= 4 is 18.2 Å². The maximum atomic E-state index is 8.76. The van der Waals surface area contributed by atoms with E-state index in [1.54, 1.807) is 0 Å². The highest BCUT2D eigenvalue weighted by atomic mass is 16.4. The minimum atomic E-state index is -1.17. The number of hydrogen-bond acceptors (Lipinski definition) is 3. The summed E-state index contributed by atoms with van der Waals surface area (Å²) in [7, 11) is -1.17. The first-order chi connectivity index (χ1) is 8.68. The SMILES string of the molecule is Cc1nc2ccccc2n1CCCCCB(O)O. The summed E-state index contributed by atoms with van der Waals surface area (Å²) >= 11 is 0. The zero-order chi connectivity index (χ0) is 13.0. The molecule has 0 saturated heterocycles. The van der Waals surface area contributed by atoms with E-state index in [4.69, 9.17) is 10.0 Å². The molecule has 0 aliphatic rings. The van der Waals surface area contributed by atoms with Gasteiger partial charge in [-0.3, -0.25) is 0 Å². The number of imidazole rings is 1. The number of rotatable bonds is 6. The molecule has 0 bridgehead atoms. The number of nitrogens with zero attached hydrogens (tertiary/aromatic N) is 2. The van der Waals surface area contributed by atoms with Gasteiger partial charge in [0.05, 0.1) is 11.0 Å². The molecule has 2 N–H and O–H groups in total. The molecule has 0 amide bonds. The fraction of sp³-hybridized carbons (Fsp3) is 0.462. The molecule has 1 heterocycles. The molecule has 0 saturated carbocycles. The Labute approximate surface area is 107 Å². The van der Waals surface area contributed by atoms with E-state index in [2.05, 4.69) is 15.6 Å². The van der Waals surface area contributed by atoms with Gasteiger partial charge in [-0.05, 0) is 31.8 Å². The highest BCUT2D eigenvalue weighted by Crippen LogP contribution is 2.16. The summed E-state index contributed by atoms with van der Waals surface area (Å²) in [5.74, 6) is 1.04. The van der Waals surface area contributed by atoms with Crippen molar-refractivity contribution < 1.29 is 10.0 Å². The number of aromatic nitrogens is 2. The quantitative estimate of drug-likeness (QED) is 0.605. The molecule has 2 rings (SSSR count). The van der Waals surface area contributed by atoms with Crippen molar-refractivity contribution in [2.24, 2.45) is 0 Å². The molecule has 0 aliphatic carbocycles. The minimum Gasteiger partial charge on any atom is -0.427 e. The second kappa shape index (κ2) is 6.02. The van der Waals surface area contributed by atoms with Crippen LogP contribution in [0, 0.1) is 6.92 Å². The van der Waals surface area contributed by atoms with Gasteiger partial charge >= 0.3 is 7.12 Å². The van der Waals surface area contributed by atoms with E-state index in [0.717, 1.165) is 37.1 Å². The van der Waals surface area contributed by atoms with Crippen LogP contribution in [0.25, 0.3) is 11.0 Å². The molecule has 1 aromatic carbocycles. The largest absolute Gasteiger partial charge is 0.451 e. The molecule has 1 aromatic heterocycles. The molecule has 0 atom stereocenters. The summed E-state index contributed by atoms with van der Waals surface area (Å²) < 4.78 is 2.23. The van der Waals surface area contributed by atoms with Gasteiger partial charge in [-0.1, -0.05) is 25.0 Å². The van der Waals surface area contributed by atoms with Gasteiger partial charge in [-0.25, -0.2) is 4.98 Å². The molecule has 2 aromatic rings. The average Bonchev–Trinajstić information content (AvgIpc) is 2.65. The van der Waals surface area contributed by atoms with E-state index in [-0.39, 0.29) is 0 Å². The van der Waals surface area contributed by atoms with Gasteiger partial charge in [-0.15, -0.1) is 0 Å². The van der Waals surface area contributed by atoms with E-state index in [1.807, 2.05) is 25.1 Å². The van der Waals surface area contributed by atoms with Gasteiger partial charge in [-0.2, -0.15) is 0 Å². The summed E-state index contributed by atoms with van der Waals surface area (Å²) in [6.07, 6.45) is 3.35. The monoisotopic (exact) mass is 246 g/mol. The Kier molecular flexibility index (Phi) is 4.39. The van der Waals surface area contributed by atoms with Crippen molar-refractivity contribution in [2.75, 3.05) is 0 Å². The van der Waals surface area contributed by atoms with Crippen LogP contribution in [0.3, 0.4) is 0 Å². The normalized spacial score (nSPS) is 11.1. The maximum absolute atomic E-state index is 8.76. The predicted molar refractivity (Wildman–Crippen MR) is 73.3 cm³/mol. The molecule has 0 spiro atoms. The van der Waals surface area contributed by atoms with E-state index >= 15 is 0 Å². The lowest BCUT2D eigenvalue weighted by Gasteiger charge is -2.06. The van der Waals surface area contributed by atoms with Crippen LogP contribution in [0.4, 0.5) is 0 Å². The molecular formula is C13H19BN2O2. The standard InChI is InChI=1S/C13H19BN2O2/c1-11-15-12-7-3-4-8-13(12)16(11)10-6-2-5-9-14(17)18/h3-4,7-8,17-18H,2,5-6,9-10H2,1H3. The number of benzene rings is 1. The van der Waals surface area contributed by atoms with Crippen LogP contribution in [-0.2, 0) is 6.54 Å². The fourth-order valence-electron chi connectivity index (χ4n) is 2.25. The Bertz CT molecular complexity index is 511. The van der Waals surface area contributed by atoms with Crippen molar-refractivity contribution in [1.82, 2.24) is 9.55 Å². The lowest BCUT2D eigenvalue weighted by atomic mass is 9.83. The second-order valence-electron chi connectivity index (χ2n) is 4.63. The lowest BCUT2D eigenvalue weighted by molar-refractivity contribution is 0.401. The molecule has 5 heteroatoms. The number of hydrogen-bond donors (Lipinski definition) is 2. The molecule has 4 nitrogen and oxygen atoms in total. The smallest absolute Gasteiger partial charge is 0.427 e. The minimum absolute atomic E-state index is 0.462. The van der Waals surface area contributed by atoms with Crippen molar-refractivity contribution in [2.45, 2.75) is 39.1 Å². The first kappa shape index (κ1) is 13.1. The van der Waals surface area contributed by atoms with Crippen LogP contribution in [0.2, 0.25) is 6.32 Å². The van der Waals surface area contributed by atoms with Gasteiger partial charge < -0.3 is 14.6 Å². The van der Waals surface area contributed by atoms with Gasteiger partial charge in [0.15, 0.2) is 0 Å². The predicted octanol–water partition coefficient (Wildman–Crippen LogP) is 1.99. The van der Waals surface area contributed by atoms with Crippen LogP contribution in [0.5, 0.6) is 0 Å². The molecule has 18 heavy (non-hydrogen) atoms. The summed E-state index contributed by atoms with van der Waals surface area (Å²) in [6.45, 7) is 2.96. The average molecular weight is 246 g/mol. The molecular weight excluding hydrogens is 227 g/mol. The molecule has 0 radical (unpaired) electrons. The topological polar surface area (TPSA) is 58.3 Å². The number of unbranched alkanes of at least 4 members (excludes halogenated alkanes) is 2. The van der Waals surface area contributed by atoms with Gasteiger partial charge in [0, 0.05) is 6.54 Å². The van der Waals surface area contributed by atoms with E-state index in [0.29, 0.717) is 6.32 Å². The van der Waals surface area contributed by atoms with Crippen molar-refractivity contribution in [3.05, 3.63) is 30.1 Å². The van der Waals surface area contributed by atoms with E-state index in [1.165, 1.54) is 5.52 Å². The summed E-state index contributed by atoms with van der Waals surface area (Å²) in [5, 5.41) is 17.5. The third-order valence-electron chi connectivity index (χ3n) is 3.19. The molecule has 0 fully saturated rings. The van der Waals surface area contributed by atoms with E-state index < -0.39 is 7.12 Å². The highest BCUT2D eigenvalue weighted by Gasteiger charge is 2.07. The third kappa shape index (κ3) is 3.12. The zero-order valence-electron chi connectivity index (χ0n) is 10.7. The van der Waals surface area contributed by atoms with Crippen LogP contribution in [0.1, 0.15) is 25.1 Å². The summed E-state index contributed by atoms with van der Waals surface area (Å²) in [4.78, 5) is 4.52.